The van der Waals surface area contributed by atoms with Gasteiger partial charge in [-0.3, -0.25) is 9.59 Å². The molecule has 0 saturated carbocycles. The Bertz CT molecular complexity index is 764. The molecule has 0 heterocycles. The van der Waals surface area contributed by atoms with E-state index in [4.69, 9.17) is 32.7 Å². The van der Waals surface area contributed by atoms with Crippen molar-refractivity contribution in [2.45, 2.75) is 13.0 Å². The third-order valence-electron chi connectivity index (χ3n) is 3.37. The first-order valence-corrected chi connectivity index (χ1v) is 8.23. The van der Waals surface area contributed by atoms with Crippen LogP contribution in [0.3, 0.4) is 0 Å². The van der Waals surface area contributed by atoms with Crippen LogP contribution in [0.5, 0.6) is 5.75 Å². The van der Waals surface area contributed by atoms with Gasteiger partial charge < -0.3 is 14.8 Å². The quantitative estimate of drug-likeness (QED) is 0.746. The minimum Gasteiger partial charge on any atom is -0.496 e. The Morgan fingerprint density at radius 3 is 2.56 bits per heavy atom. The van der Waals surface area contributed by atoms with Gasteiger partial charge in [-0.2, -0.15) is 0 Å². The van der Waals surface area contributed by atoms with Gasteiger partial charge in [-0.15, -0.1) is 0 Å². The average molecular weight is 382 g/mol. The Kier molecular flexibility index (Phi) is 7.10. The number of carbonyl (C=O) groups is 2. The first kappa shape index (κ1) is 19.1. The van der Waals surface area contributed by atoms with Crippen LogP contribution in [0.2, 0.25) is 10.0 Å². The molecular formula is C18H17Cl2NO4. The Morgan fingerprint density at radius 2 is 1.84 bits per heavy atom. The highest BCUT2D eigenvalue weighted by Gasteiger charge is 2.10. The van der Waals surface area contributed by atoms with Gasteiger partial charge in [0, 0.05) is 12.1 Å². The number of methoxy groups -OCH3 is 1. The molecule has 0 unspecified atom stereocenters. The molecule has 0 atom stereocenters. The zero-order chi connectivity index (χ0) is 18.2. The average Bonchev–Trinajstić information content (AvgIpc) is 2.61. The van der Waals surface area contributed by atoms with Crippen molar-refractivity contribution in [2.75, 3.05) is 13.7 Å². The van der Waals surface area contributed by atoms with E-state index in [1.807, 2.05) is 18.2 Å². The fraction of sp³-hybridized carbons (Fsp3) is 0.222. The number of amides is 1. The van der Waals surface area contributed by atoms with Crippen LogP contribution in [-0.4, -0.2) is 25.6 Å². The van der Waals surface area contributed by atoms with Crippen molar-refractivity contribution < 1.29 is 19.1 Å². The number of hydrogen-bond acceptors (Lipinski definition) is 4. The summed E-state index contributed by atoms with van der Waals surface area (Å²) < 4.78 is 10.2. The minimum absolute atomic E-state index is 0.0106. The van der Waals surface area contributed by atoms with Gasteiger partial charge >= 0.3 is 5.97 Å². The molecule has 2 rings (SSSR count). The summed E-state index contributed by atoms with van der Waals surface area (Å²) in [4.78, 5) is 23.6. The lowest BCUT2D eigenvalue weighted by Gasteiger charge is -2.10. The van der Waals surface area contributed by atoms with Crippen LogP contribution in [-0.2, 0) is 27.3 Å². The highest BCUT2D eigenvalue weighted by atomic mass is 35.5. The Morgan fingerprint density at radius 1 is 1.08 bits per heavy atom. The Labute approximate surface area is 155 Å². The Balaban J connectivity index is 1.77. The molecular weight excluding hydrogens is 365 g/mol. The maximum absolute atomic E-state index is 11.8. The van der Waals surface area contributed by atoms with Crippen LogP contribution in [0, 0.1) is 0 Å². The van der Waals surface area contributed by atoms with Crippen molar-refractivity contribution >= 4 is 35.1 Å². The molecule has 25 heavy (non-hydrogen) atoms. The predicted octanol–water partition coefficient (Wildman–Crippen LogP) is 3.40. The van der Waals surface area contributed by atoms with Crippen LogP contribution in [0.15, 0.2) is 42.5 Å². The van der Waals surface area contributed by atoms with E-state index in [1.54, 1.807) is 31.4 Å². The topological polar surface area (TPSA) is 64.6 Å². The van der Waals surface area contributed by atoms with Crippen LogP contribution in [0.1, 0.15) is 11.1 Å². The highest BCUT2D eigenvalue weighted by Crippen LogP contribution is 2.22. The van der Waals surface area contributed by atoms with E-state index in [0.717, 1.165) is 5.56 Å². The maximum atomic E-state index is 11.8. The molecule has 0 bridgehead atoms. The van der Waals surface area contributed by atoms with Gasteiger partial charge in [0.25, 0.3) is 5.91 Å². The third kappa shape index (κ3) is 5.96. The van der Waals surface area contributed by atoms with E-state index in [0.29, 0.717) is 21.4 Å². The molecule has 0 aliphatic heterocycles. The standard InChI is InChI=1S/C18H17Cl2NO4/c1-24-16-5-3-2-4-13(16)10-21-17(22)11-25-18(23)9-12-6-7-14(19)15(20)8-12/h2-8H,9-11H2,1H3,(H,21,22). The summed E-state index contributed by atoms with van der Waals surface area (Å²) in [6.07, 6.45) is 0.0106. The van der Waals surface area contributed by atoms with Crippen LogP contribution >= 0.6 is 23.2 Å². The molecule has 5 nitrogen and oxygen atoms in total. The molecule has 1 amide bonds. The number of ether oxygens (including phenoxy) is 2. The van der Waals surface area contributed by atoms with Crippen LogP contribution in [0.25, 0.3) is 0 Å². The number of esters is 1. The second kappa shape index (κ2) is 9.30. The van der Waals surface area contributed by atoms with E-state index in [-0.39, 0.29) is 19.6 Å². The first-order chi connectivity index (χ1) is 12.0. The maximum Gasteiger partial charge on any atom is 0.310 e. The van der Waals surface area contributed by atoms with E-state index < -0.39 is 11.9 Å². The lowest BCUT2D eigenvalue weighted by Crippen LogP contribution is -2.28. The fourth-order valence-electron chi connectivity index (χ4n) is 2.11. The molecule has 0 spiro atoms. The van der Waals surface area contributed by atoms with Crippen molar-refractivity contribution in [1.82, 2.24) is 5.32 Å². The number of carbonyl (C=O) groups excluding carboxylic acids is 2. The zero-order valence-corrected chi connectivity index (χ0v) is 15.1. The monoisotopic (exact) mass is 381 g/mol. The van der Waals surface area contributed by atoms with Gasteiger partial charge in [0.15, 0.2) is 6.61 Å². The summed E-state index contributed by atoms with van der Waals surface area (Å²) >= 11 is 11.7. The molecule has 0 aromatic heterocycles. The second-order valence-electron chi connectivity index (χ2n) is 5.17. The normalized spacial score (nSPS) is 10.2. The molecule has 0 aliphatic carbocycles. The van der Waals surface area contributed by atoms with Gasteiger partial charge in [0.2, 0.25) is 0 Å². The first-order valence-electron chi connectivity index (χ1n) is 7.47. The summed E-state index contributed by atoms with van der Waals surface area (Å²) in [7, 11) is 1.56. The summed E-state index contributed by atoms with van der Waals surface area (Å²) in [6.45, 7) is -0.0670. The molecule has 2 aromatic rings. The SMILES string of the molecule is COc1ccccc1CNC(=O)COC(=O)Cc1ccc(Cl)c(Cl)c1. The van der Waals surface area contributed by atoms with Gasteiger partial charge in [0.05, 0.1) is 23.6 Å². The molecule has 1 N–H and O–H groups in total. The van der Waals surface area contributed by atoms with E-state index in [9.17, 15) is 9.59 Å². The lowest BCUT2D eigenvalue weighted by atomic mass is 10.1. The van der Waals surface area contributed by atoms with Crippen LogP contribution in [0.4, 0.5) is 0 Å². The van der Waals surface area contributed by atoms with Gasteiger partial charge in [-0.1, -0.05) is 47.5 Å². The largest absolute Gasteiger partial charge is 0.496 e. The van der Waals surface area contributed by atoms with Crippen molar-refractivity contribution in [2.24, 2.45) is 0 Å². The second-order valence-corrected chi connectivity index (χ2v) is 5.99. The Hall–Kier alpha value is -2.24. The highest BCUT2D eigenvalue weighted by molar-refractivity contribution is 6.42. The van der Waals surface area contributed by atoms with Crippen molar-refractivity contribution in [1.29, 1.82) is 0 Å². The molecule has 0 radical (unpaired) electrons. The molecule has 0 fully saturated rings. The summed E-state index contributed by atoms with van der Waals surface area (Å²) in [6, 6.07) is 12.2. The van der Waals surface area contributed by atoms with Crippen molar-refractivity contribution in [3.05, 3.63) is 63.6 Å². The number of benzene rings is 2. The molecule has 0 aliphatic rings. The van der Waals surface area contributed by atoms with E-state index >= 15 is 0 Å². The summed E-state index contributed by atoms with van der Waals surface area (Å²) in [5.41, 5.74) is 1.49. The summed E-state index contributed by atoms with van der Waals surface area (Å²) in [5.74, 6) is -0.237. The van der Waals surface area contributed by atoms with E-state index in [2.05, 4.69) is 5.32 Å². The van der Waals surface area contributed by atoms with Gasteiger partial charge in [0.1, 0.15) is 5.75 Å². The third-order valence-corrected chi connectivity index (χ3v) is 4.10. The molecule has 0 saturated heterocycles. The van der Waals surface area contributed by atoms with E-state index in [1.165, 1.54) is 0 Å². The zero-order valence-electron chi connectivity index (χ0n) is 13.6. The molecule has 132 valence electrons. The van der Waals surface area contributed by atoms with Gasteiger partial charge in [-0.05, 0) is 23.8 Å². The van der Waals surface area contributed by atoms with Crippen LogP contribution < -0.4 is 10.1 Å². The number of para-hydroxylation sites is 1. The number of hydrogen-bond donors (Lipinski definition) is 1. The van der Waals surface area contributed by atoms with Gasteiger partial charge in [-0.25, -0.2) is 0 Å². The lowest BCUT2D eigenvalue weighted by molar-refractivity contribution is -0.147. The van der Waals surface area contributed by atoms with Crippen molar-refractivity contribution in [3.63, 3.8) is 0 Å². The number of halogens is 2. The molecule has 2 aromatic carbocycles. The fourth-order valence-corrected chi connectivity index (χ4v) is 2.43. The minimum atomic E-state index is -0.522. The van der Waals surface area contributed by atoms with Crippen molar-refractivity contribution in [3.8, 4) is 5.75 Å². The number of nitrogens with one attached hydrogen (secondary N) is 1. The molecule has 7 heteroatoms. The summed E-state index contributed by atoms with van der Waals surface area (Å²) in [5, 5.41) is 3.45. The smallest absolute Gasteiger partial charge is 0.310 e. The number of rotatable bonds is 7. The predicted molar refractivity (Wildman–Crippen MR) is 96.0 cm³/mol.